The topological polar surface area (TPSA) is 81.4 Å². The Bertz CT molecular complexity index is 1150. The van der Waals surface area contributed by atoms with Crippen molar-refractivity contribution in [2.24, 2.45) is 0 Å². The second-order valence-electron chi connectivity index (χ2n) is 6.09. The van der Waals surface area contributed by atoms with Crippen molar-refractivity contribution in [3.05, 3.63) is 59.6 Å². The van der Waals surface area contributed by atoms with Crippen molar-refractivity contribution in [3.63, 3.8) is 0 Å². The van der Waals surface area contributed by atoms with E-state index in [2.05, 4.69) is 20.4 Å². The minimum Gasteiger partial charge on any atom is -0.497 e. The molecule has 0 saturated carbocycles. The number of benzene rings is 2. The van der Waals surface area contributed by atoms with Gasteiger partial charge in [0.05, 0.1) is 18.5 Å². The van der Waals surface area contributed by atoms with Crippen LogP contribution in [0.1, 0.15) is 6.92 Å². The third-order valence-corrected chi connectivity index (χ3v) is 4.38. The minimum absolute atomic E-state index is 0.197. The lowest BCUT2D eigenvalue weighted by Crippen LogP contribution is -2.07. The van der Waals surface area contributed by atoms with Gasteiger partial charge in [-0.25, -0.2) is 4.98 Å². The molecule has 4 rings (SSSR count). The first-order chi connectivity index (χ1) is 13.5. The summed E-state index contributed by atoms with van der Waals surface area (Å²) in [5.74, 6) is 1.08. The SMILES string of the molecule is COc1ccc(-c2cc(-c3ccc(Cl)cc3)nc3nc(NC(C)=O)nn23)cc1. The number of methoxy groups -OCH3 is 1. The molecule has 28 heavy (non-hydrogen) atoms. The lowest BCUT2D eigenvalue weighted by Gasteiger charge is -2.08. The zero-order chi connectivity index (χ0) is 19.7. The zero-order valence-electron chi connectivity index (χ0n) is 15.2. The van der Waals surface area contributed by atoms with Crippen LogP contribution in [-0.4, -0.2) is 32.6 Å². The van der Waals surface area contributed by atoms with Crippen molar-refractivity contribution in [2.75, 3.05) is 12.4 Å². The van der Waals surface area contributed by atoms with Gasteiger partial charge in [0.2, 0.25) is 5.91 Å². The van der Waals surface area contributed by atoms with Crippen LogP contribution in [0.15, 0.2) is 54.6 Å². The van der Waals surface area contributed by atoms with E-state index in [1.807, 2.05) is 54.6 Å². The third kappa shape index (κ3) is 3.52. The first-order valence-electron chi connectivity index (χ1n) is 8.49. The van der Waals surface area contributed by atoms with Gasteiger partial charge in [-0.15, -0.1) is 5.10 Å². The average Bonchev–Trinajstić information content (AvgIpc) is 3.09. The van der Waals surface area contributed by atoms with Gasteiger partial charge in [-0.3, -0.25) is 10.1 Å². The van der Waals surface area contributed by atoms with Gasteiger partial charge in [-0.05, 0) is 42.5 Å². The average molecular weight is 394 g/mol. The van der Waals surface area contributed by atoms with Gasteiger partial charge >= 0.3 is 0 Å². The number of carbonyl (C=O) groups is 1. The van der Waals surface area contributed by atoms with Gasteiger partial charge in [0.15, 0.2) is 0 Å². The summed E-state index contributed by atoms with van der Waals surface area (Å²) in [5.41, 5.74) is 3.30. The normalized spacial score (nSPS) is 10.8. The van der Waals surface area contributed by atoms with Crippen LogP contribution in [-0.2, 0) is 4.79 Å². The largest absolute Gasteiger partial charge is 0.497 e. The van der Waals surface area contributed by atoms with Gasteiger partial charge in [-0.1, -0.05) is 23.7 Å². The summed E-state index contributed by atoms with van der Waals surface area (Å²) >= 11 is 6.00. The molecule has 0 aliphatic rings. The zero-order valence-corrected chi connectivity index (χ0v) is 15.9. The smallest absolute Gasteiger partial charge is 0.255 e. The molecule has 8 heteroatoms. The summed E-state index contributed by atoms with van der Waals surface area (Å²) in [4.78, 5) is 20.3. The monoisotopic (exact) mass is 393 g/mol. The standard InChI is InChI=1S/C20H16ClN5O2/c1-12(27)22-19-24-20-23-17(13-3-7-15(21)8-4-13)11-18(26(20)25-19)14-5-9-16(28-2)10-6-14/h3-11H,1-2H3,(H,22,25,27). The number of nitrogens with zero attached hydrogens (tertiary/aromatic N) is 4. The molecule has 2 aromatic carbocycles. The maximum Gasteiger partial charge on any atom is 0.255 e. The van der Waals surface area contributed by atoms with Gasteiger partial charge < -0.3 is 4.74 Å². The summed E-state index contributed by atoms with van der Waals surface area (Å²) in [7, 11) is 1.62. The van der Waals surface area contributed by atoms with Crippen molar-refractivity contribution in [1.82, 2.24) is 19.6 Å². The second kappa shape index (κ2) is 7.28. The molecule has 4 aromatic rings. The highest BCUT2D eigenvalue weighted by atomic mass is 35.5. The van der Waals surface area contributed by atoms with E-state index >= 15 is 0 Å². The van der Waals surface area contributed by atoms with E-state index in [0.29, 0.717) is 10.8 Å². The van der Waals surface area contributed by atoms with Crippen molar-refractivity contribution in [2.45, 2.75) is 6.92 Å². The molecular formula is C20H16ClN5O2. The van der Waals surface area contributed by atoms with E-state index in [9.17, 15) is 4.79 Å². The number of ether oxygens (including phenoxy) is 1. The molecule has 0 unspecified atom stereocenters. The Balaban J connectivity index is 1.91. The highest BCUT2D eigenvalue weighted by Crippen LogP contribution is 2.28. The van der Waals surface area contributed by atoms with Crippen LogP contribution in [0.25, 0.3) is 28.3 Å². The molecule has 0 aliphatic carbocycles. The second-order valence-corrected chi connectivity index (χ2v) is 6.53. The van der Waals surface area contributed by atoms with Crippen LogP contribution in [0, 0.1) is 0 Å². The fourth-order valence-corrected chi connectivity index (χ4v) is 2.94. The van der Waals surface area contributed by atoms with Crippen molar-refractivity contribution in [3.8, 4) is 28.3 Å². The van der Waals surface area contributed by atoms with E-state index in [-0.39, 0.29) is 11.9 Å². The molecule has 0 spiro atoms. The predicted molar refractivity (Wildman–Crippen MR) is 108 cm³/mol. The van der Waals surface area contributed by atoms with Gasteiger partial charge in [0, 0.05) is 23.1 Å². The molecule has 0 radical (unpaired) electrons. The van der Waals surface area contributed by atoms with Crippen LogP contribution in [0.3, 0.4) is 0 Å². The summed E-state index contributed by atoms with van der Waals surface area (Å²) in [6.45, 7) is 1.41. The number of anilines is 1. The highest BCUT2D eigenvalue weighted by Gasteiger charge is 2.14. The summed E-state index contributed by atoms with van der Waals surface area (Å²) in [5, 5.41) is 7.63. The van der Waals surface area contributed by atoms with Crippen molar-refractivity contribution < 1.29 is 9.53 Å². The summed E-state index contributed by atoms with van der Waals surface area (Å²) in [6, 6.07) is 16.9. The molecule has 2 heterocycles. The number of hydrogen-bond donors (Lipinski definition) is 1. The Kier molecular flexibility index (Phi) is 4.67. The van der Waals surface area contributed by atoms with E-state index in [4.69, 9.17) is 16.3 Å². The Labute approximate surface area is 166 Å². The van der Waals surface area contributed by atoms with Gasteiger partial charge in [-0.2, -0.15) is 9.50 Å². The quantitative estimate of drug-likeness (QED) is 0.565. The molecule has 1 amide bonds. The van der Waals surface area contributed by atoms with Gasteiger partial charge in [0.25, 0.3) is 11.7 Å². The lowest BCUT2D eigenvalue weighted by atomic mass is 10.1. The minimum atomic E-state index is -0.250. The molecule has 0 atom stereocenters. The van der Waals surface area contributed by atoms with E-state index < -0.39 is 0 Å². The fraction of sp³-hybridized carbons (Fsp3) is 0.100. The Morgan fingerprint density at radius 1 is 1.04 bits per heavy atom. The maximum atomic E-state index is 11.4. The Hall–Kier alpha value is -3.45. The van der Waals surface area contributed by atoms with E-state index in [1.54, 1.807) is 11.6 Å². The maximum absolute atomic E-state index is 11.4. The Morgan fingerprint density at radius 2 is 1.71 bits per heavy atom. The number of hydrogen-bond acceptors (Lipinski definition) is 5. The number of amides is 1. The van der Waals surface area contributed by atoms with Crippen LogP contribution >= 0.6 is 11.6 Å². The number of nitrogens with one attached hydrogen (secondary N) is 1. The van der Waals surface area contributed by atoms with Gasteiger partial charge in [0.1, 0.15) is 5.75 Å². The molecule has 0 aliphatic heterocycles. The molecule has 2 aromatic heterocycles. The molecular weight excluding hydrogens is 378 g/mol. The van der Waals surface area contributed by atoms with Crippen molar-refractivity contribution >= 4 is 29.2 Å². The molecule has 0 bridgehead atoms. The summed E-state index contributed by atoms with van der Waals surface area (Å²) < 4.78 is 6.84. The molecule has 7 nitrogen and oxygen atoms in total. The van der Waals surface area contributed by atoms with E-state index in [1.165, 1.54) is 6.92 Å². The molecule has 0 fully saturated rings. The van der Waals surface area contributed by atoms with Crippen LogP contribution in [0.4, 0.5) is 5.95 Å². The molecule has 1 N–H and O–H groups in total. The first-order valence-corrected chi connectivity index (χ1v) is 8.87. The first kappa shape index (κ1) is 17.9. The summed E-state index contributed by atoms with van der Waals surface area (Å²) in [6.07, 6.45) is 0. The lowest BCUT2D eigenvalue weighted by molar-refractivity contribution is -0.114. The van der Waals surface area contributed by atoms with Crippen LogP contribution in [0.5, 0.6) is 5.75 Å². The number of halogens is 1. The van der Waals surface area contributed by atoms with Crippen LogP contribution < -0.4 is 10.1 Å². The van der Waals surface area contributed by atoms with E-state index in [0.717, 1.165) is 28.3 Å². The Morgan fingerprint density at radius 3 is 2.36 bits per heavy atom. The number of rotatable bonds is 4. The third-order valence-electron chi connectivity index (χ3n) is 4.13. The predicted octanol–water partition coefficient (Wildman–Crippen LogP) is 4.08. The number of carbonyl (C=O) groups excluding carboxylic acids is 1. The van der Waals surface area contributed by atoms with Crippen molar-refractivity contribution in [1.29, 1.82) is 0 Å². The number of aromatic nitrogens is 4. The number of fused-ring (bicyclic) bond motifs is 1. The highest BCUT2D eigenvalue weighted by molar-refractivity contribution is 6.30. The molecule has 0 saturated heterocycles. The van der Waals surface area contributed by atoms with Crippen LogP contribution in [0.2, 0.25) is 5.02 Å². The fourth-order valence-electron chi connectivity index (χ4n) is 2.81. The molecule has 140 valence electrons.